The number of carboxylic acid groups (broad SMARTS) is 1. The molecular formula is C13H14N2O6. The molecule has 8 heteroatoms. The SMILES string of the molecule is Cc1c(C(=O)N2CCOCC2C(=O)O)cccc1[N+](=O)[O-]. The van der Waals surface area contributed by atoms with E-state index in [1.807, 2.05) is 0 Å². The quantitative estimate of drug-likeness (QED) is 0.653. The number of aliphatic carboxylic acids is 1. The molecule has 1 aliphatic heterocycles. The third kappa shape index (κ3) is 2.84. The first-order chi connectivity index (χ1) is 9.93. The molecule has 1 heterocycles. The van der Waals surface area contributed by atoms with Crippen LogP contribution in [0, 0.1) is 17.0 Å². The van der Waals surface area contributed by atoms with E-state index in [4.69, 9.17) is 9.84 Å². The van der Waals surface area contributed by atoms with Gasteiger partial charge in [0.2, 0.25) is 0 Å². The van der Waals surface area contributed by atoms with Crippen molar-refractivity contribution in [2.75, 3.05) is 19.8 Å². The maximum absolute atomic E-state index is 12.5. The number of ether oxygens (including phenoxy) is 1. The molecule has 0 saturated carbocycles. The summed E-state index contributed by atoms with van der Waals surface area (Å²) < 4.78 is 5.07. The molecule has 8 nitrogen and oxygen atoms in total. The van der Waals surface area contributed by atoms with E-state index < -0.39 is 22.8 Å². The van der Waals surface area contributed by atoms with Crippen LogP contribution < -0.4 is 0 Å². The zero-order valence-corrected chi connectivity index (χ0v) is 11.3. The van der Waals surface area contributed by atoms with Crippen molar-refractivity contribution in [2.45, 2.75) is 13.0 Å². The molecule has 0 spiro atoms. The Morgan fingerprint density at radius 2 is 2.19 bits per heavy atom. The lowest BCUT2D eigenvalue weighted by atomic mass is 10.0. The summed E-state index contributed by atoms with van der Waals surface area (Å²) in [6, 6.07) is 3.10. The average Bonchev–Trinajstić information content (AvgIpc) is 2.46. The topological polar surface area (TPSA) is 110 Å². The summed E-state index contributed by atoms with van der Waals surface area (Å²) in [6.45, 7) is 1.76. The summed E-state index contributed by atoms with van der Waals surface area (Å²) in [6.07, 6.45) is 0. The Balaban J connectivity index is 2.37. The number of nitrogens with zero attached hydrogens (tertiary/aromatic N) is 2. The number of rotatable bonds is 3. The van der Waals surface area contributed by atoms with E-state index in [2.05, 4.69) is 0 Å². The van der Waals surface area contributed by atoms with E-state index >= 15 is 0 Å². The van der Waals surface area contributed by atoms with Crippen molar-refractivity contribution in [1.82, 2.24) is 4.90 Å². The van der Waals surface area contributed by atoms with Gasteiger partial charge >= 0.3 is 5.97 Å². The highest BCUT2D eigenvalue weighted by atomic mass is 16.6. The maximum atomic E-state index is 12.5. The van der Waals surface area contributed by atoms with Gasteiger partial charge in [-0.05, 0) is 13.0 Å². The Morgan fingerprint density at radius 3 is 2.81 bits per heavy atom. The predicted molar refractivity (Wildman–Crippen MR) is 71.1 cm³/mol. The van der Waals surface area contributed by atoms with Gasteiger partial charge in [0.25, 0.3) is 11.6 Å². The van der Waals surface area contributed by atoms with E-state index in [0.29, 0.717) is 0 Å². The lowest BCUT2D eigenvalue weighted by molar-refractivity contribution is -0.385. The second kappa shape index (κ2) is 5.88. The number of morpholine rings is 1. The van der Waals surface area contributed by atoms with Gasteiger partial charge in [-0.1, -0.05) is 6.07 Å². The second-order valence-electron chi connectivity index (χ2n) is 4.63. The van der Waals surface area contributed by atoms with Gasteiger partial charge in [-0.25, -0.2) is 4.79 Å². The first-order valence-corrected chi connectivity index (χ1v) is 6.29. The Kier molecular flexibility index (Phi) is 4.18. The summed E-state index contributed by atoms with van der Waals surface area (Å²) >= 11 is 0. The molecule has 0 radical (unpaired) electrons. The van der Waals surface area contributed by atoms with Gasteiger partial charge in [0, 0.05) is 23.7 Å². The van der Waals surface area contributed by atoms with Crippen LogP contribution in [0.25, 0.3) is 0 Å². The molecule has 1 atom stereocenters. The van der Waals surface area contributed by atoms with Crippen molar-refractivity contribution >= 4 is 17.6 Å². The number of carboxylic acids is 1. The molecule has 1 aromatic rings. The van der Waals surface area contributed by atoms with E-state index in [1.165, 1.54) is 30.0 Å². The number of benzene rings is 1. The zero-order chi connectivity index (χ0) is 15.6. The summed E-state index contributed by atoms with van der Waals surface area (Å²) in [5.41, 5.74) is 0.196. The van der Waals surface area contributed by atoms with Crippen LogP contribution in [0.3, 0.4) is 0 Å². The number of hydrogen-bond donors (Lipinski definition) is 1. The molecule has 0 aliphatic carbocycles. The van der Waals surface area contributed by atoms with Crippen molar-refractivity contribution in [3.63, 3.8) is 0 Å². The van der Waals surface area contributed by atoms with Crippen molar-refractivity contribution in [2.24, 2.45) is 0 Å². The highest BCUT2D eigenvalue weighted by molar-refractivity contribution is 5.98. The second-order valence-corrected chi connectivity index (χ2v) is 4.63. The van der Waals surface area contributed by atoms with Crippen LogP contribution in [0.2, 0.25) is 0 Å². The Labute approximate surface area is 120 Å². The van der Waals surface area contributed by atoms with E-state index in [0.717, 1.165) is 0 Å². The van der Waals surface area contributed by atoms with Gasteiger partial charge in [0.05, 0.1) is 18.1 Å². The minimum atomic E-state index is -1.16. The van der Waals surface area contributed by atoms with Gasteiger partial charge in [-0.2, -0.15) is 0 Å². The lowest BCUT2D eigenvalue weighted by Gasteiger charge is -2.33. The largest absolute Gasteiger partial charge is 0.480 e. The molecule has 2 rings (SSSR count). The minimum Gasteiger partial charge on any atom is -0.480 e. The summed E-state index contributed by atoms with van der Waals surface area (Å²) in [5.74, 6) is -1.70. The standard InChI is InChI=1S/C13H14N2O6/c1-8-9(3-2-4-10(8)15(19)20)12(16)14-5-6-21-7-11(14)13(17)18/h2-4,11H,5-7H2,1H3,(H,17,18). The molecule has 1 N–H and O–H groups in total. The first-order valence-electron chi connectivity index (χ1n) is 6.29. The van der Waals surface area contributed by atoms with Crippen LogP contribution in [0.5, 0.6) is 0 Å². The minimum absolute atomic E-state index is 0.0882. The van der Waals surface area contributed by atoms with Crippen LogP contribution in [0.1, 0.15) is 15.9 Å². The fourth-order valence-electron chi connectivity index (χ4n) is 2.26. The van der Waals surface area contributed by atoms with Crippen LogP contribution in [0.4, 0.5) is 5.69 Å². The fourth-order valence-corrected chi connectivity index (χ4v) is 2.26. The monoisotopic (exact) mass is 294 g/mol. The van der Waals surface area contributed by atoms with Crippen LogP contribution in [-0.2, 0) is 9.53 Å². The number of nitro benzene ring substituents is 1. The molecule has 1 aromatic carbocycles. The average molecular weight is 294 g/mol. The lowest BCUT2D eigenvalue weighted by Crippen LogP contribution is -2.52. The third-order valence-electron chi connectivity index (χ3n) is 3.41. The van der Waals surface area contributed by atoms with Gasteiger partial charge in [0.15, 0.2) is 6.04 Å². The summed E-state index contributed by atoms with van der Waals surface area (Å²) in [4.78, 5) is 35.2. The van der Waals surface area contributed by atoms with Crippen molar-refractivity contribution in [3.8, 4) is 0 Å². The summed E-state index contributed by atoms with van der Waals surface area (Å²) in [5, 5.41) is 20.0. The van der Waals surface area contributed by atoms with Gasteiger partial charge in [-0.3, -0.25) is 14.9 Å². The van der Waals surface area contributed by atoms with Gasteiger partial charge in [0.1, 0.15) is 0 Å². The molecule has 1 amide bonds. The fraction of sp³-hybridized carbons (Fsp3) is 0.385. The maximum Gasteiger partial charge on any atom is 0.328 e. The third-order valence-corrected chi connectivity index (χ3v) is 3.41. The molecule has 112 valence electrons. The highest BCUT2D eigenvalue weighted by Crippen LogP contribution is 2.23. The van der Waals surface area contributed by atoms with E-state index in [-0.39, 0.29) is 36.6 Å². The molecule has 0 aromatic heterocycles. The van der Waals surface area contributed by atoms with Crippen LogP contribution >= 0.6 is 0 Å². The highest BCUT2D eigenvalue weighted by Gasteiger charge is 2.34. The number of amides is 1. The number of carbonyl (C=O) groups excluding carboxylic acids is 1. The first kappa shape index (κ1) is 14.9. The molecule has 0 bridgehead atoms. The Morgan fingerprint density at radius 1 is 1.48 bits per heavy atom. The number of nitro groups is 1. The molecular weight excluding hydrogens is 280 g/mol. The normalized spacial score (nSPS) is 18.3. The van der Waals surface area contributed by atoms with Crippen molar-refractivity contribution in [3.05, 3.63) is 39.4 Å². The molecule has 21 heavy (non-hydrogen) atoms. The number of carbonyl (C=O) groups is 2. The Bertz CT molecular complexity index is 600. The van der Waals surface area contributed by atoms with Crippen molar-refractivity contribution < 1.29 is 24.4 Å². The molecule has 1 aliphatic rings. The Hall–Kier alpha value is -2.48. The molecule has 1 unspecified atom stereocenters. The predicted octanol–water partition coefficient (Wildman–Crippen LogP) is 0.829. The summed E-state index contributed by atoms with van der Waals surface area (Å²) in [7, 11) is 0. The van der Waals surface area contributed by atoms with Crippen LogP contribution in [0.15, 0.2) is 18.2 Å². The molecule has 1 fully saturated rings. The van der Waals surface area contributed by atoms with Gasteiger partial charge in [-0.15, -0.1) is 0 Å². The van der Waals surface area contributed by atoms with E-state index in [1.54, 1.807) is 0 Å². The van der Waals surface area contributed by atoms with E-state index in [9.17, 15) is 19.7 Å². The number of hydrogen-bond acceptors (Lipinski definition) is 5. The smallest absolute Gasteiger partial charge is 0.328 e. The van der Waals surface area contributed by atoms with Gasteiger partial charge < -0.3 is 14.7 Å². The van der Waals surface area contributed by atoms with Crippen molar-refractivity contribution in [1.29, 1.82) is 0 Å². The van der Waals surface area contributed by atoms with Crippen LogP contribution in [-0.4, -0.2) is 52.6 Å². The molecule has 1 saturated heterocycles. The zero-order valence-electron chi connectivity index (χ0n) is 11.3.